The van der Waals surface area contributed by atoms with Gasteiger partial charge in [-0.15, -0.1) is 0 Å². The number of nitrogens with zero attached hydrogens (tertiary/aromatic N) is 2. The molecular formula is C6H9N2. The summed E-state index contributed by atoms with van der Waals surface area (Å²) in [7, 11) is 1.91. The minimum atomic E-state index is 1.01. The first-order valence-electron chi connectivity index (χ1n) is 2.52. The summed E-state index contributed by atoms with van der Waals surface area (Å²) in [6.45, 7) is 5.75. The summed E-state index contributed by atoms with van der Waals surface area (Å²) >= 11 is 0. The van der Waals surface area contributed by atoms with E-state index in [1.165, 1.54) is 0 Å². The van der Waals surface area contributed by atoms with Crippen LogP contribution in [0.1, 0.15) is 11.3 Å². The highest BCUT2D eigenvalue weighted by molar-refractivity contribution is 5.18. The van der Waals surface area contributed by atoms with E-state index in [2.05, 4.69) is 12.0 Å². The fourth-order valence-electron chi connectivity index (χ4n) is 0.544. The van der Waals surface area contributed by atoms with Gasteiger partial charge in [0.1, 0.15) is 0 Å². The Labute approximate surface area is 49.1 Å². The average Bonchev–Trinajstić information content (AvgIpc) is 1.98. The van der Waals surface area contributed by atoms with Crippen LogP contribution in [0.5, 0.6) is 0 Å². The van der Waals surface area contributed by atoms with Crippen LogP contribution in [0.15, 0.2) is 6.20 Å². The summed E-state index contributed by atoms with van der Waals surface area (Å²) in [4.78, 5) is 0. The van der Waals surface area contributed by atoms with Gasteiger partial charge in [0.15, 0.2) is 0 Å². The molecule has 43 valence electrons. The Morgan fingerprint density at radius 1 is 1.75 bits per heavy atom. The van der Waals surface area contributed by atoms with Gasteiger partial charge in [-0.2, -0.15) is 5.10 Å². The summed E-state index contributed by atoms with van der Waals surface area (Å²) in [5.41, 5.74) is 2.14. The van der Waals surface area contributed by atoms with Crippen molar-refractivity contribution < 1.29 is 0 Å². The van der Waals surface area contributed by atoms with E-state index in [9.17, 15) is 0 Å². The zero-order valence-electron chi connectivity index (χ0n) is 5.18. The molecule has 0 N–H and O–H groups in total. The lowest BCUT2D eigenvalue weighted by atomic mass is 10.3. The highest BCUT2D eigenvalue weighted by Gasteiger charge is 1.93. The van der Waals surface area contributed by atoms with Gasteiger partial charge >= 0.3 is 0 Å². The fraction of sp³-hybridized carbons (Fsp3) is 0.333. The Kier molecular flexibility index (Phi) is 1.08. The molecule has 1 heterocycles. The first-order valence-corrected chi connectivity index (χ1v) is 2.52. The molecular weight excluding hydrogens is 100 g/mol. The van der Waals surface area contributed by atoms with Gasteiger partial charge < -0.3 is 0 Å². The molecule has 1 rings (SSSR count). The number of rotatable bonds is 0. The van der Waals surface area contributed by atoms with Crippen molar-refractivity contribution in [2.45, 2.75) is 6.92 Å². The molecule has 1 aromatic heterocycles. The van der Waals surface area contributed by atoms with Gasteiger partial charge in [0.25, 0.3) is 0 Å². The zero-order chi connectivity index (χ0) is 6.15. The van der Waals surface area contributed by atoms with Crippen molar-refractivity contribution in [3.63, 3.8) is 0 Å². The van der Waals surface area contributed by atoms with Crippen LogP contribution < -0.4 is 0 Å². The zero-order valence-corrected chi connectivity index (χ0v) is 5.18. The summed E-state index contributed by atoms with van der Waals surface area (Å²) in [6.07, 6.45) is 1.76. The predicted octanol–water partition coefficient (Wildman–Crippen LogP) is 0.911. The van der Waals surface area contributed by atoms with Crippen LogP contribution in [-0.4, -0.2) is 9.78 Å². The van der Waals surface area contributed by atoms with Crippen LogP contribution in [-0.2, 0) is 7.05 Å². The van der Waals surface area contributed by atoms with Crippen molar-refractivity contribution in [3.8, 4) is 0 Å². The van der Waals surface area contributed by atoms with Crippen LogP contribution in [0.25, 0.3) is 0 Å². The van der Waals surface area contributed by atoms with E-state index >= 15 is 0 Å². The molecule has 0 spiro atoms. The highest BCUT2D eigenvalue weighted by Crippen LogP contribution is 2.00. The normalized spacial score (nSPS) is 9.88. The third kappa shape index (κ3) is 0.619. The van der Waals surface area contributed by atoms with Gasteiger partial charge in [-0.1, -0.05) is 0 Å². The Balaban J connectivity index is 3.19. The Hall–Kier alpha value is -0.790. The summed E-state index contributed by atoms with van der Waals surface area (Å²) in [5, 5.41) is 3.97. The Morgan fingerprint density at radius 3 is 2.50 bits per heavy atom. The van der Waals surface area contributed by atoms with Gasteiger partial charge in [-0.3, -0.25) is 4.68 Å². The van der Waals surface area contributed by atoms with Gasteiger partial charge in [-0.25, -0.2) is 0 Å². The lowest BCUT2D eigenvalue weighted by molar-refractivity contribution is 0.739. The number of aryl methyl sites for hydroxylation is 1. The molecule has 1 radical (unpaired) electrons. The van der Waals surface area contributed by atoms with Crippen LogP contribution in [0.3, 0.4) is 0 Å². The number of aromatic nitrogens is 2. The van der Waals surface area contributed by atoms with E-state index in [0.29, 0.717) is 0 Å². The van der Waals surface area contributed by atoms with Crippen molar-refractivity contribution >= 4 is 0 Å². The second-order valence-corrected chi connectivity index (χ2v) is 1.88. The standard InChI is InChI=1S/C6H9N2/c1-5-4-7-8(3)6(5)2/h4H,1H2,2-3H3. The molecule has 0 aromatic carbocycles. The summed E-state index contributed by atoms with van der Waals surface area (Å²) in [5.74, 6) is 0. The third-order valence-electron chi connectivity index (χ3n) is 1.34. The van der Waals surface area contributed by atoms with E-state index < -0.39 is 0 Å². The molecule has 0 atom stereocenters. The van der Waals surface area contributed by atoms with E-state index in [1.807, 2.05) is 18.7 Å². The molecule has 0 unspecified atom stereocenters. The van der Waals surface area contributed by atoms with Crippen molar-refractivity contribution in [1.82, 2.24) is 9.78 Å². The minimum absolute atomic E-state index is 1.01. The maximum absolute atomic E-state index is 3.97. The SMILES string of the molecule is [CH2]c1cnn(C)c1C. The second kappa shape index (κ2) is 1.62. The molecule has 2 heteroatoms. The van der Waals surface area contributed by atoms with Crippen molar-refractivity contribution in [1.29, 1.82) is 0 Å². The molecule has 0 saturated heterocycles. The van der Waals surface area contributed by atoms with Crippen LogP contribution in [0.4, 0.5) is 0 Å². The molecule has 0 amide bonds. The largest absolute Gasteiger partial charge is 0.273 e. The van der Waals surface area contributed by atoms with Gasteiger partial charge in [0.05, 0.1) is 6.20 Å². The quantitative estimate of drug-likeness (QED) is 0.484. The Bertz CT molecular complexity index is 169. The lowest BCUT2D eigenvalue weighted by Gasteiger charge is -1.90. The van der Waals surface area contributed by atoms with Gasteiger partial charge in [0, 0.05) is 12.7 Å². The Morgan fingerprint density at radius 2 is 2.38 bits per heavy atom. The van der Waals surface area contributed by atoms with Gasteiger partial charge in [-0.05, 0) is 19.4 Å². The summed E-state index contributed by atoms with van der Waals surface area (Å²) in [6, 6.07) is 0. The molecule has 8 heavy (non-hydrogen) atoms. The number of hydrogen-bond donors (Lipinski definition) is 0. The first-order chi connectivity index (χ1) is 3.72. The smallest absolute Gasteiger partial charge is 0.0524 e. The lowest BCUT2D eigenvalue weighted by Crippen LogP contribution is -1.91. The highest BCUT2D eigenvalue weighted by atomic mass is 15.3. The minimum Gasteiger partial charge on any atom is -0.273 e. The van der Waals surface area contributed by atoms with E-state index in [1.54, 1.807) is 6.20 Å². The molecule has 0 aliphatic rings. The fourth-order valence-corrected chi connectivity index (χ4v) is 0.544. The summed E-state index contributed by atoms with van der Waals surface area (Å²) < 4.78 is 1.81. The average molecular weight is 109 g/mol. The van der Waals surface area contributed by atoms with Crippen molar-refractivity contribution in [2.75, 3.05) is 0 Å². The number of hydrogen-bond acceptors (Lipinski definition) is 1. The maximum Gasteiger partial charge on any atom is 0.0524 e. The third-order valence-corrected chi connectivity index (χ3v) is 1.34. The maximum atomic E-state index is 3.97. The van der Waals surface area contributed by atoms with Crippen LogP contribution >= 0.6 is 0 Å². The molecule has 0 fully saturated rings. The van der Waals surface area contributed by atoms with Crippen LogP contribution in [0, 0.1) is 13.8 Å². The predicted molar refractivity (Wildman–Crippen MR) is 32.4 cm³/mol. The molecule has 2 nitrogen and oxygen atoms in total. The van der Waals surface area contributed by atoms with E-state index in [-0.39, 0.29) is 0 Å². The molecule has 0 aliphatic carbocycles. The topological polar surface area (TPSA) is 17.8 Å². The molecule has 0 saturated carbocycles. The molecule has 0 aliphatic heterocycles. The van der Waals surface area contributed by atoms with Crippen molar-refractivity contribution in [3.05, 3.63) is 24.4 Å². The van der Waals surface area contributed by atoms with Crippen LogP contribution in [0.2, 0.25) is 0 Å². The molecule has 0 bridgehead atoms. The second-order valence-electron chi connectivity index (χ2n) is 1.88. The first kappa shape index (κ1) is 5.35. The monoisotopic (exact) mass is 109 g/mol. The van der Waals surface area contributed by atoms with E-state index in [0.717, 1.165) is 11.3 Å². The molecule has 1 aromatic rings. The van der Waals surface area contributed by atoms with Gasteiger partial charge in [0.2, 0.25) is 0 Å². The van der Waals surface area contributed by atoms with E-state index in [4.69, 9.17) is 0 Å². The van der Waals surface area contributed by atoms with Crippen molar-refractivity contribution in [2.24, 2.45) is 7.05 Å².